The molecule has 4 atom stereocenters. The van der Waals surface area contributed by atoms with E-state index in [0.717, 1.165) is 38.0 Å². The molecule has 2 bridgehead atoms. The summed E-state index contributed by atoms with van der Waals surface area (Å²) in [5.41, 5.74) is -0.548. The van der Waals surface area contributed by atoms with Crippen molar-refractivity contribution in [2.75, 3.05) is 13.7 Å². The van der Waals surface area contributed by atoms with E-state index in [1.165, 1.54) is 32.7 Å². The summed E-state index contributed by atoms with van der Waals surface area (Å²) >= 11 is 0. The van der Waals surface area contributed by atoms with Crippen molar-refractivity contribution in [3.63, 3.8) is 0 Å². The van der Waals surface area contributed by atoms with Crippen LogP contribution in [-0.2, 0) is 9.53 Å². The molecule has 1 aromatic carbocycles. The van der Waals surface area contributed by atoms with Gasteiger partial charge in [-0.3, -0.25) is 10.0 Å². The Labute approximate surface area is 187 Å². The molecule has 0 aromatic heterocycles. The highest BCUT2D eigenvalue weighted by Gasteiger charge is 2.47. The van der Waals surface area contributed by atoms with Crippen LogP contribution in [0, 0.1) is 17.3 Å². The van der Waals surface area contributed by atoms with Crippen LogP contribution in [0.5, 0.6) is 5.75 Å². The number of carbonyl (C=O) groups is 1. The van der Waals surface area contributed by atoms with Crippen LogP contribution in [0.1, 0.15) is 65.2 Å². The summed E-state index contributed by atoms with van der Waals surface area (Å²) < 4.78 is 12.1. The highest BCUT2D eigenvalue weighted by atomic mass is 16.5. The van der Waals surface area contributed by atoms with Crippen LogP contribution < -0.4 is 4.74 Å². The number of unbranched alkanes of at least 4 members (excludes halogenated alkanes) is 1. The fraction of sp³-hybridized carbons (Fsp3) is 0.654. The van der Waals surface area contributed by atoms with Gasteiger partial charge in [0.15, 0.2) is 0 Å². The molecule has 0 spiro atoms. The van der Waals surface area contributed by atoms with Gasteiger partial charge in [0, 0.05) is 12.5 Å². The number of benzene rings is 1. The highest BCUT2D eigenvalue weighted by molar-refractivity contribution is 5.80. The normalized spacial score (nSPS) is 25.3. The number of hydroxylamine groups is 2. The van der Waals surface area contributed by atoms with E-state index in [1.54, 1.807) is 0 Å². The molecule has 31 heavy (non-hydrogen) atoms. The number of hydrogen-bond acceptors (Lipinski definition) is 4. The van der Waals surface area contributed by atoms with Gasteiger partial charge in [-0.1, -0.05) is 44.2 Å². The van der Waals surface area contributed by atoms with E-state index in [9.17, 15) is 10.0 Å². The Morgan fingerprint density at radius 3 is 2.58 bits per heavy atom. The minimum atomic E-state index is -0.548. The quantitative estimate of drug-likeness (QED) is 0.202. The molecule has 2 aliphatic rings. The monoisotopic (exact) mass is 429 g/mol. The van der Waals surface area contributed by atoms with E-state index < -0.39 is 5.41 Å². The molecule has 2 aliphatic heterocycles. The van der Waals surface area contributed by atoms with Crippen LogP contribution in [0.4, 0.5) is 0 Å². The van der Waals surface area contributed by atoms with Gasteiger partial charge in [0.1, 0.15) is 5.75 Å². The predicted octanol–water partition coefficient (Wildman–Crippen LogP) is 5.63. The maximum atomic E-state index is 12.0. The second-order valence-electron chi connectivity index (χ2n) is 9.73. The first-order valence-corrected chi connectivity index (χ1v) is 11.8. The van der Waals surface area contributed by atoms with Gasteiger partial charge in [-0.15, -0.1) is 0 Å². The second kappa shape index (κ2) is 11.1. The molecule has 1 amide bonds. The van der Waals surface area contributed by atoms with Gasteiger partial charge >= 0.3 is 0 Å². The molecule has 0 radical (unpaired) electrons. The molecule has 2 fully saturated rings. The predicted molar refractivity (Wildman–Crippen MR) is 122 cm³/mol. The zero-order valence-corrected chi connectivity index (χ0v) is 19.3. The molecule has 5 heteroatoms. The van der Waals surface area contributed by atoms with Gasteiger partial charge in [0.2, 0.25) is 0 Å². The number of allylic oxidation sites excluding steroid dienone is 2. The second-order valence-corrected chi connectivity index (χ2v) is 9.73. The summed E-state index contributed by atoms with van der Waals surface area (Å²) in [6, 6.07) is 10.0. The van der Waals surface area contributed by atoms with Crippen molar-refractivity contribution in [3.8, 4) is 5.75 Å². The van der Waals surface area contributed by atoms with Crippen molar-refractivity contribution >= 4 is 5.91 Å². The van der Waals surface area contributed by atoms with Gasteiger partial charge in [0.25, 0.3) is 5.91 Å². The lowest BCUT2D eigenvalue weighted by Gasteiger charge is -2.27. The first kappa shape index (κ1) is 23.8. The molecular formula is C26H39NO4. The van der Waals surface area contributed by atoms with E-state index in [-0.39, 0.29) is 5.91 Å². The largest absolute Gasteiger partial charge is 0.494 e. The Balaban J connectivity index is 1.38. The molecule has 2 saturated heterocycles. The number of rotatable bonds is 12. The summed E-state index contributed by atoms with van der Waals surface area (Å²) in [5, 5.41) is 10.1. The number of hydrogen-bond donors (Lipinski definition) is 1. The summed E-state index contributed by atoms with van der Waals surface area (Å²) in [7, 11) is 1.39. The minimum Gasteiger partial charge on any atom is -0.494 e. The zero-order valence-electron chi connectivity index (χ0n) is 19.3. The van der Waals surface area contributed by atoms with Gasteiger partial charge in [-0.25, -0.2) is 5.06 Å². The number of amides is 1. The van der Waals surface area contributed by atoms with Crippen LogP contribution >= 0.6 is 0 Å². The molecule has 172 valence electrons. The first-order chi connectivity index (χ1) is 14.9. The van der Waals surface area contributed by atoms with Crippen molar-refractivity contribution in [3.05, 3.63) is 42.5 Å². The van der Waals surface area contributed by atoms with Crippen molar-refractivity contribution in [2.45, 2.75) is 77.4 Å². The SMILES string of the molecule is CN(O)C(=O)C(C)(C)CC/C=C\C[C@@H]1[C@H](CCCCOc2ccccc2)[C@@H]2CC[C@H]1O2. The molecule has 3 rings (SSSR count). The van der Waals surface area contributed by atoms with E-state index in [4.69, 9.17) is 9.47 Å². The van der Waals surface area contributed by atoms with Gasteiger partial charge in [0.05, 0.1) is 18.8 Å². The summed E-state index contributed by atoms with van der Waals surface area (Å²) in [4.78, 5) is 12.0. The third-order valence-corrected chi connectivity index (χ3v) is 6.92. The molecule has 2 heterocycles. The maximum Gasteiger partial charge on any atom is 0.251 e. The lowest BCUT2D eigenvalue weighted by atomic mass is 9.75. The van der Waals surface area contributed by atoms with Crippen LogP contribution in [0.3, 0.4) is 0 Å². The van der Waals surface area contributed by atoms with E-state index in [2.05, 4.69) is 12.2 Å². The fourth-order valence-electron chi connectivity index (χ4n) is 5.15. The van der Waals surface area contributed by atoms with Gasteiger partial charge in [-0.05, 0) is 75.3 Å². The molecule has 1 aromatic rings. The van der Waals surface area contributed by atoms with E-state index >= 15 is 0 Å². The van der Waals surface area contributed by atoms with Gasteiger partial charge in [-0.2, -0.15) is 0 Å². The molecule has 5 nitrogen and oxygen atoms in total. The molecular weight excluding hydrogens is 390 g/mol. The third-order valence-electron chi connectivity index (χ3n) is 6.92. The standard InChI is InChI=1S/C26H39NO4/c1-26(2,25(28)27(3)29)18-10-5-8-14-21-22(24-17-16-23(21)31-24)15-9-11-19-30-20-12-6-4-7-13-20/h4-8,12-13,21-24,29H,9-11,14-19H2,1-3H3/b8-5-/t21-,22+,23-,24+/m1/s1. The van der Waals surface area contributed by atoms with Crippen molar-refractivity contribution < 1.29 is 19.5 Å². The number of para-hydroxylation sites is 1. The summed E-state index contributed by atoms with van der Waals surface area (Å²) in [5.74, 6) is 1.98. The smallest absolute Gasteiger partial charge is 0.251 e. The Morgan fingerprint density at radius 2 is 1.87 bits per heavy atom. The Kier molecular flexibility index (Phi) is 8.56. The molecule has 0 unspecified atom stereocenters. The lowest BCUT2D eigenvalue weighted by Crippen LogP contribution is -2.36. The van der Waals surface area contributed by atoms with E-state index in [1.807, 2.05) is 44.2 Å². The number of nitrogens with zero attached hydrogens (tertiary/aromatic N) is 1. The number of ether oxygens (including phenoxy) is 2. The highest BCUT2D eigenvalue weighted by Crippen LogP contribution is 2.47. The van der Waals surface area contributed by atoms with E-state index in [0.29, 0.717) is 29.1 Å². The lowest BCUT2D eigenvalue weighted by molar-refractivity contribution is -0.169. The number of fused-ring (bicyclic) bond motifs is 2. The zero-order chi connectivity index (χ0) is 22.3. The van der Waals surface area contributed by atoms with Crippen LogP contribution in [0.25, 0.3) is 0 Å². The minimum absolute atomic E-state index is 0.237. The number of carbonyl (C=O) groups excluding carboxylic acids is 1. The van der Waals surface area contributed by atoms with Crippen LogP contribution in [-0.4, -0.2) is 42.0 Å². The van der Waals surface area contributed by atoms with Crippen molar-refractivity contribution in [1.82, 2.24) is 5.06 Å². The maximum absolute atomic E-state index is 12.0. The fourth-order valence-corrected chi connectivity index (χ4v) is 5.15. The topological polar surface area (TPSA) is 59.0 Å². The first-order valence-electron chi connectivity index (χ1n) is 11.8. The Hall–Kier alpha value is -1.85. The third kappa shape index (κ3) is 6.56. The average molecular weight is 430 g/mol. The van der Waals surface area contributed by atoms with Gasteiger partial charge < -0.3 is 9.47 Å². The Morgan fingerprint density at radius 1 is 1.16 bits per heavy atom. The van der Waals surface area contributed by atoms with Crippen molar-refractivity contribution in [2.24, 2.45) is 17.3 Å². The Bertz CT molecular complexity index is 715. The molecule has 0 saturated carbocycles. The average Bonchev–Trinajstić information content (AvgIpc) is 3.35. The summed E-state index contributed by atoms with van der Waals surface area (Å²) in [6.07, 6.45) is 13.8. The van der Waals surface area contributed by atoms with Crippen molar-refractivity contribution in [1.29, 1.82) is 0 Å². The summed E-state index contributed by atoms with van der Waals surface area (Å²) in [6.45, 7) is 4.54. The molecule has 0 aliphatic carbocycles. The molecule has 1 N–H and O–H groups in total. The van der Waals surface area contributed by atoms with Crippen LogP contribution in [0.15, 0.2) is 42.5 Å². The van der Waals surface area contributed by atoms with Crippen LogP contribution in [0.2, 0.25) is 0 Å².